The summed E-state index contributed by atoms with van der Waals surface area (Å²) in [5, 5.41) is 25.4. The first-order valence-corrected chi connectivity index (χ1v) is 40.6. The summed E-state index contributed by atoms with van der Waals surface area (Å²) in [6.07, 6.45) is 29.5. The number of pyridine rings is 4. The van der Waals surface area contributed by atoms with Crippen LogP contribution in [0.4, 0.5) is 4.79 Å². The molecule has 0 spiro atoms. The number of para-hydroxylation sites is 3. The topological polar surface area (TPSA) is 292 Å². The van der Waals surface area contributed by atoms with Crippen LogP contribution < -0.4 is 33.2 Å². The van der Waals surface area contributed by atoms with Gasteiger partial charge in [-0.2, -0.15) is 4.99 Å². The number of benzene rings is 3. The van der Waals surface area contributed by atoms with E-state index in [0.717, 1.165) is 150 Å². The van der Waals surface area contributed by atoms with Crippen molar-refractivity contribution >= 4 is 12.8 Å². The first kappa shape index (κ1) is 86.5. The summed E-state index contributed by atoms with van der Waals surface area (Å²) in [5.41, 5.74) is 7.06. The maximum absolute atomic E-state index is 9.96. The average Bonchev–Trinajstić information content (AvgIpc) is 1.76. The Hall–Kier alpha value is -11.4. The number of aliphatic hydroxyl groups is 1. The van der Waals surface area contributed by atoms with Crippen molar-refractivity contribution in [3.8, 4) is 85.5 Å². The second-order valence-electron chi connectivity index (χ2n) is 29.2. The monoisotopic (exact) mass is 1600 g/mol. The third-order valence-electron chi connectivity index (χ3n) is 20.4. The number of ether oxygens (including phenoxy) is 8. The number of aliphatic hydroxyl groups excluding tert-OH is 1. The maximum Gasteiger partial charge on any atom is 0.432 e. The number of amides is 1. The van der Waals surface area contributed by atoms with Gasteiger partial charge < -0.3 is 80.7 Å². The Kier molecular flexibility index (Phi) is 35.2. The molecule has 0 bridgehead atoms. The van der Waals surface area contributed by atoms with Gasteiger partial charge in [-0.25, -0.2) is 4.79 Å². The van der Waals surface area contributed by atoms with Gasteiger partial charge in [0.05, 0.1) is 74.0 Å². The molecule has 11 aromatic rings. The fourth-order valence-electron chi connectivity index (χ4n) is 13.6. The molecule has 620 valence electrons. The standard InChI is InChI=1S/3C23H27N3O3.C17H23N3O3.C4H7NO2/c3*1-26-11-5-8-20(26)17-28-22-13-18(15-24-16-22)23-14-19(25-29-23)7-6-12-27-21-9-3-2-4-10-21;1-20-6-2-5-15(20)12-22-16-8-13(10-18-11-16)17-9-14(19-23-17)4-3-7-21;1-3-7-4(6)5-2/h3*2-4,9-10,13-16,20H,5-8,11-12,17H2,1H3;8-11,15,21H,2-7,12H2,1H3;2-3H2,1H3/t3*20-;15-;/m0000./s1. The molecule has 0 radical (unpaired) electrons. The molecule has 8 aromatic heterocycles. The van der Waals surface area contributed by atoms with Crippen molar-refractivity contribution in [1.82, 2.24) is 60.2 Å². The van der Waals surface area contributed by atoms with Gasteiger partial charge in [-0.3, -0.25) is 19.9 Å². The van der Waals surface area contributed by atoms with Crippen LogP contribution >= 0.6 is 0 Å². The van der Waals surface area contributed by atoms with Crippen LogP contribution in [0, 0.1) is 0 Å². The van der Waals surface area contributed by atoms with E-state index in [1.807, 2.05) is 140 Å². The molecule has 4 aliphatic rings. The molecule has 4 aliphatic heterocycles. The van der Waals surface area contributed by atoms with Gasteiger partial charge in [0.2, 0.25) is 0 Å². The van der Waals surface area contributed by atoms with Gasteiger partial charge in [-0.1, -0.05) is 75.2 Å². The Balaban J connectivity index is 0.000000149. The van der Waals surface area contributed by atoms with E-state index in [9.17, 15) is 4.79 Å². The number of hydrogen-bond donors (Lipinski definition) is 1. The van der Waals surface area contributed by atoms with E-state index < -0.39 is 6.09 Å². The molecule has 1 amide bonds. The Labute approximate surface area is 685 Å². The molecule has 3 aromatic carbocycles. The number of carbonyl (C=O) groups is 1. The molecular formula is C90H111N13O14. The van der Waals surface area contributed by atoms with Crippen LogP contribution in [0.1, 0.15) is 107 Å². The third kappa shape index (κ3) is 29.1. The molecular weight excluding hydrogens is 1490 g/mol. The van der Waals surface area contributed by atoms with Crippen molar-refractivity contribution in [3.63, 3.8) is 0 Å². The molecule has 4 saturated heterocycles. The van der Waals surface area contributed by atoms with Crippen molar-refractivity contribution in [1.29, 1.82) is 0 Å². The average molecular weight is 1600 g/mol. The summed E-state index contributed by atoms with van der Waals surface area (Å²) >= 11 is 0. The summed E-state index contributed by atoms with van der Waals surface area (Å²) < 4.78 is 67.2. The highest BCUT2D eigenvalue weighted by Gasteiger charge is 2.26. The number of likely N-dealkylation sites (tertiary alicyclic amines) is 4. The molecule has 12 heterocycles. The summed E-state index contributed by atoms with van der Waals surface area (Å²) in [4.78, 5) is 39.4. The minimum Gasteiger partial charge on any atom is -0.494 e. The van der Waals surface area contributed by atoms with Crippen molar-refractivity contribution in [3.05, 3.63) is 212 Å². The maximum atomic E-state index is 9.96. The second kappa shape index (κ2) is 47.6. The summed E-state index contributed by atoms with van der Waals surface area (Å²) in [6, 6.07) is 47.0. The van der Waals surface area contributed by atoms with Gasteiger partial charge in [0, 0.05) is 102 Å². The molecule has 27 heteroatoms. The van der Waals surface area contributed by atoms with E-state index in [1.54, 1.807) is 56.5 Å². The molecule has 0 aliphatic carbocycles. The van der Waals surface area contributed by atoms with Crippen molar-refractivity contribution in [2.45, 2.75) is 134 Å². The van der Waals surface area contributed by atoms with Crippen LogP contribution in [0.5, 0.6) is 40.2 Å². The zero-order chi connectivity index (χ0) is 81.4. The SMILES string of the molecule is C=NC(=O)OCC.CN1CCC[C@H]1COc1cncc(-c2cc(CCCO)no2)c1.CN1CCC[C@H]1COc1cncc(-c2cc(CCCOc3ccccc3)no2)c1.CN1CCC[C@H]1COc1cncc(-c2cc(CCCOc3ccccc3)no2)c1.CN1CCC[C@H]1COc1cncc(-c2cc(CCCOc3ccccc3)no2)c1. The third-order valence-corrected chi connectivity index (χ3v) is 20.4. The van der Waals surface area contributed by atoms with Gasteiger partial charge in [-0.05, 0) is 231 Å². The minimum atomic E-state index is -0.609. The zero-order valence-electron chi connectivity index (χ0n) is 68.0. The smallest absolute Gasteiger partial charge is 0.432 e. The van der Waals surface area contributed by atoms with Crippen LogP contribution in [-0.4, -0.2) is 216 Å². The molecule has 0 saturated carbocycles. The fourth-order valence-corrected chi connectivity index (χ4v) is 13.6. The highest BCUT2D eigenvalue weighted by molar-refractivity contribution is 5.72. The number of hydrogen-bond acceptors (Lipinski definition) is 26. The molecule has 27 nitrogen and oxygen atoms in total. The Morgan fingerprint density at radius 3 is 0.897 bits per heavy atom. The molecule has 1 N–H and O–H groups in total. The lowest BCUT2D eigenvalue weighted by Gasteiger charge is -2.19. The van der Waals surface area contributed by atoms with Crippen molar-refractivity contribution < 1.29 is 65.9 Å². The lowest BCUT2D eigenvalue weighted by Crippen LogP contribution is -2.30. The zero-order valence-corrected chi connectivity index (χ0v) is 68.0. The number of likely N-dealkylation sites (N-methyl/N-ethyl adjacent to an activating group) is 4. The predicted octanol–water partition coefficient (Wildman–Crippen LogP) is 15.6. The first-order valence-electron chi connectivity index (χ1n) is 40.6. The van der Waals surface area contributed by atoms with Crippen LogP contribution in [0.3, 0.4) is 0 Å². The van der Waals surface area contributed by atoms with Gasteiger partial charge >= 0.3 is 6.09 Å². The highest BCUT2D eigenvalue weighted by Crippen LogP contribution is 2.31. The van der Waals surface area contributed by atoms with E-state index >= 15 is 0 Å². The van der Waals surface area contributed by atoms with Crippen molar-refractivity contribution in [2.24, 2.45) is 4.99 Å². The van der Waals surface area contributed by atoms with Crippen molar-refractivity contribution in [2.75, 3.05) is 114 Å². The van der Waals surface area contributed by atoms with E-state index in [1.165, 1.54) is 51.4 Å². The second-order valence-corrected chi connectivity index (χ2v) is 29.2. The number of aryl methyl sites for hydroxylation is 4. The normalized spacial score (nSPS) is 16.6. The number of rotatable bonds is 35. The van der Waals surface area contributed by atoms with Crippen LogP contribution in [0.2, 0.25) is 0 Å². The Morgan fingerprint density at radius 1 is 0.393 bits per heavy atom. The number of aromatic nitrogens is 8. The molecule has 0 unspecified atom stereocenters. The first-order chi connectivity index (χ1) is 57.4. The lowest BCUT2D eigenvalue weighted by molar-refractivity contribution is 0.164. The predicted molar refractivity (Wildman–Crippen MR) is 446 cm³/mol. The van der Waals surface area contributed by atoms with Gasteiger partial charge in [0.25, 0.3) is 0 Å². The summed E-state index contributed by atoms with van der Waals surface area (Å²) in [6.45, 7) is 14.4. The van der Waals surface area contributed by atoms with Crippen LogP contribution in [0.15, 0.2) is 212 Å². The summed E-state index contributed by atoms with van der Waals surface area (Å²) in [5.74, 6) is 8.50. The van der Waals surface area contributed by atoms with Crippen LogP contribution in [-0.2, 0) is 30.4 Å². The molecule has 4 fully saturated rings. The molecule has 15 rings (SSSR count). The number of aliphatic imine (C=N–C) groups is 1. The Bertz CT molecular complexity index is 4290. The fraction of sp³-hybridized carbons (Fsp3) is 0.422. The molecule has 4 atom stereocenters. The van der Waals surface area contributed by atoms with E-state index in [4.69, 9.17) is 56.4 Å². The quantitative estimate of drug-likeness (QED) is 0.0285. The lowest BCUT2D eigenvalue weighted by atomic mass is 10.2. The minimum absolute atomic E-state index is 0.155. The number of carbonyl (C=O) groups excluding carboxylic acids is 1. The largest absolute Gasteiger partial charge is 0.494 e. The van der Waals surface area contributed by atoms with E-state index in [2.05, 4.69) is 105 Å². The van der Waals surface area contributed by atoms with E-state index in [0.29, 0.717) is 113 Å². The van der Waals surface area contributed by atoms with Gasteiger partial charge in [-0.15, -0.1) is 0 Å². The molecule has 117 heavy (non-hydrogen) atoms. The van der Waals surface area contributed by atoms with Gasteiger partial charge in [0.1, 0.15) is 66.7 Å². The van der Waals surface area contributed by atoms with Crippen LogP contribution in [0.25, 0.3) is 45.3 Å². The summed E-state index contributed by atoms with van der Waals surface area (Å²) in [7, 11) is 8.59. The van der Waals surface area contributed by atoms with E-state index in [-0.39, 0.29) is 6.61 Å². The number of nitrogens with zero attached hydrogens (tertiary/aromatic N) is 13. The van der Waals surface area contributed by atoms with Gasteiger partial charge in [0.15, 0.2) is 23.0 Å². The Morgan fingerprint density at radius 2 is 0.667 bits per heavy atom. The highest BCUT2D eigenvalue weighted by atomic mass is 16.5.